The Morgan fingerprint density at radius 1 is 0.303 bits per heavy atom. The molecule has 0 spiro atoms. The largest absolute Gasteiger partial charge is 0.478 e. The maximum absolute atomic E-state index is 10.7. The fourth-order valence-corrected chi connectivity index (χ4v) is 7.63. The first-order valence-electron chi connectivity index (χ1n) is 26.7. The molecule has 0 heterocycles. The molecule has 6 rings (SSSR count). The van der Waals surface area contributed by atoms with Gasteiger partial charge in [-0.25, -0.2) is 27.8 Å². The van der Waals surface area contributed by atoms with E-state index in [4.69, 9.17) is 47.9 Å². The van der Waals surface area contributed by atoms with Gasteiger partial charge in [-0.05, 0) is 143 Å². The molecule has 0 fully saturated rings. The number of carboxylic acids is 2. The third kappa shape index (κ3) is 66.3. The first-order chi connectivity index (χ1) is 40.0. The van der Waals surface area contributed by atoms with E-state index < -0.39 is 42.3 Å². The van der Waals surface area contributed by atoms with Gasteiger partial charge < -0.3 is 77.3 Å². The number of carbonyl (C=O) groups is 2. The van der Waals surface area contributed by atoms with Gasteiger partial charge in [-0.15, -0.1) is 0 Å². The molecule has 89 heavy (non-hydrogen) atoms. The Kier molecular flexibility index (Phi) is 55.6. The van der Waals surface area contributed by atoms with Gasteiger partial charge in [0.2, 0.25) is 0 Å². The van der Waals surface area contributed by atoms with E-state index >= 15 is 0 Å². The smallest absolute Gasteiger partial charge is 0.373 e. The monoisotopic (exact) mass is 1470 g/mol. The zero-order chi connectivity index (χ0) is 65.8. The zero-order valence-electron chi connectivity index (χ0n) is 53.1. The summed E-state index contributed by atoms with van der Waals surface area (Å²) in [6.45, 7) is 13.8. The number of benzene rings is 6. The Hall–Kier alpha value is -4.46. The summed E-state index contributed by atoms with van der Waals surface area (Å²) in [4.78, 5) is 69.2. The number of hydrogen-bond donors (Lipinski definition) is 6. The summed E-state index contributed by atoms with van der Waals surface area (Å²) in [7, 11) is 7.68. The first-order valence-corrected chi connectivity index (χ1v) is 34.8. The summed E-state index contributed by atoms with van der Waals surface area (Å²) in [6.07, 6.45) is 0. The minimum atomic E-state index is -3.39. The average molecular weight is 1470 g/mol. The van der Waals surface area contributed by atoms with Crippen LogP contribution in [-0.2, 0) is 69.5 Å². The van der Waals surface area contributed by atoms with E-state index in [1.54, 1.807) is 158 Å². The van der Waals surface area contributed by atoms with Crippen molar-refractivity contribution >= 4 is 42.3 Å². The van der Waals surface area contributed by atoms with Crippen molar-refractivity contribution in [3.63, 3.8) is 0 Å². The van der Waals surface area contributed by atoms with Crippen molar-refractivity contribution < 1.29 is 127 Å². The topological polar surface area (TPSA) is 280 Å². The summed E-state index contributed by atoms with van der Waals surface area (Å²) < 4.78 is 61.7. The molecule has 3 radical (unpaired) electrons. The fraction of sp³-hybridized carbons (Fsp3) is 0.367. The van der Waals surface area contributed by atoms with Crippen molar-refractivity contribution in [3.05, 3.63) is 193 Å². The number of likely N-dealkylation sites (N-methyl/N-ethyl adjacent to an activating group) is 6. The van der Waals surface area contributed by atoms with Crippen LogP contribution in [-0.4, -0.2) is 221 Å². The molecule has 29 heteroatoms. The van der Waals surface area contributed by atoms with Gasteiger partial charge in [-0.3, -0.25) is 0 Å². The molecule has 6 aromatic carbocycles. The van der Waals surface area contributed by atoms with Gasteiger partial charge in [0.05, 0.1) is 11.1 Å². The van der Waals surface area contributed by atoms with Crippen molar-refractivity contribution in [2.24, 2.45) is 0 Å². The second-order valence-electron chi connectivity index (χ2n) is 20.0. The average Bonchev–Trinajstić information content (AvgIpc) is 3.43. The molecule has 0 saturated heterocycles. The van der Waals surface area contributed by atoms with Gasteiger partial charge in [0, 0.05) is 130 Å². The summed E-state index contributed by atoms with van der Waals surface area (Å²) in [6, 6.07) is 50.8. The van der Waals surface area contributed by atoms with Crippen LogP contribution in [0.3, 0.4) is 0 Å². The van der Waals surface area contributed by atoms with Crippen molar-refractivity contribution in [1.82, 2.24) is 29.4 Å². The molecule has 4 unspecified atom stereocenters. The van der Waals surface area contributed by atoms with Gasteiger partial charge in [0.15, 0.2) is 0 Å². The quantitative estimate of drug-likeness (QED) is 0.0272. The van der Waals surface area contributed by atoms with Crippen LogP contribution in [0.2, 0.25) is 0 Å². The van der Waals surface area contributed by atoms with Gasteiger partial charge >= 0.3 is 42.3 Å². The fourth-order valence-electron chi connectivity index (χ4n) is 5.58. The Balaban J connectivity index is -0.000000301. The van der Waals surface area contributed by atoms with Crippen molar-refractivity contribution in [2.45, 2.75) is 0 Å². The van der Waals surface area contributed by atoms with E-state index in [1.807, 2.05) is 24.3 Å². The van der Waals surface area contributed by atoms with Crippen LogP contribution in [0.5, 0.6) is 23.0 Å². The van der Waals surface area contributed by atoms with Crippen LogP contribution in [0.15, 0.2) is 182 Å². The summed E-state index contributed by atoms with van der Waals surface area (Å²) >= 11 is 0. The van der Waals surface area contributed by atoms with E-state index in [2.05, 4.69) is 99.9 Å². The van der Waals surface area contributed by atoms with Crippen molar-refractivity contribution in [2.75, 3.05) is 149 Å². The molecular weight excluding hydrogens is 1380 g/mol. The number of para-hydroxylation sites is 4. The molecular formula is C60H94Cu3N6O16P4. The zero-order valence-corrected chi connectivity index (χ0v) is 59.5. The molecule has 22 nitrogen and oxygen atoms in total. The number of hydrogen-bond acceptors (Lipinski definition) is 16. The van der Waals surface area contributed by atoms with Crippen LogP contribution in [0.25, 0.3) is 0 Å². The molecule has 6 N–H and O–H groups in total. The molecule has 0 aliphatic rings. The second kappa shape index (κ2) is 53.1. The predicted molar refractivity (Wildman–Crippen MR) is 347 cm³/mol. The summed E-state index contributed by atoms with van der Waals surface area (Å²) in [5.41, 5.74) is 0.662. The Morgan fingerprint density at radius 2 is 0.449 bits per heavy atom. The predicted octanol–water partition coefficient (Wildman–Crippen LogP) is 10.4. The normalized spacial score (nSPS) is 12.7. The van der Waals surface area contributed by atoms with Crippen LogP contribution < -0.4 is 18.1 Å². The SMILES string of the molecule is CN(C)CCN(C)CCN(C)C.CN(C)CCN(C)CCN(C)C.CP(=O)(O)Oc1ccccc1.CP(=O)(O)Oc1ccccc1.CP(=O)(O)Oc1ccccc1.CP(=O)(O)Oc1ccccc1.O=C(O)c1ccccc1.O=C(O)c1ccccc1.[Cu].[Cu].[Cu]. The number of nitrogens with zero attached hydrogens (tertiary/aromatic N) is 6. The van der Waals surface area contributed by atoms with E-state index in [0.29, 0.717) is 34.1 Å². The number of aromatic carboxylic acids is 2. The van der Waals surface area contributed by atoms with E-state index in [9.17, 15) is 27.8 Å². The molecule has 6 aromatic rings. The van der Waals surface area contributed by atoms with Gasteiger partial charge in [-0.1, -0.05) is 109 Å². The molecule has 0 aromatic heterocycles. The molecule has 0 aliphatic carbocycles. The minimum Gasteiger partial charge on any atom is -0.478 e. The Bertz CT molecular complexity index is 2510. The molecule has 0 aliphatic heterocycles. The van der Waals surface area contributed by atoms with E-state index in [1.165, 1.54) is 0 Å². The summed E-state index contributed by atoms with van der Waals surface area (Å²) in [5.74, 6) is -0.0884. The van der Waals surface area contributed by atoms with Crippen molar-refractivity contribution in [3.8, 4) is 23.0 Å². The Morgan fingerprint density at radius 3 is 0.562 bits per heavy atom. The third-order valence-electron chi connectivity index (χ3n) is 9.83. The molecule has 4 atom stereocenters. The maximum atomic E-state index is 10.7. The van der Waals surface area contributed by atoms with Crippen LogP contribution in [0, 0.1) is 0 Å². The second-order valence-corrected chi connectivity index (χ2v) is 27.1. The standard InChI is InChI=1S/2C9H23N3.4C7H9O3P.2C7H6O2.3Cu/c2*1-10(2)6-8-12(5)9-7-11(3)4;4*1-11(8,9)10-7-5-3-2-4-6-7;2*8-7(9)6-4-2-1-3-5-6;;;/h2*6-9H2,1-5H3;4*2-6H,1H3,(H,8,9);2*1-5H,(H,8,9);;;. The summed E-state index contributed by atoms with van der Waals surface area (Å²) in [5, 5.41) is 16.8. The molecule has 0 saturated carbocycles. The van der Waals surface area contributed by atoms with Crippen LogP contribution in [0.4, 0.5) is 0 Å². The molecule has 0 amide bonds. The maximum Gasteiger partial charge on any atom is 0.373 e. The first kappa shape index (κ1) is 93.3. The van der Waals surface area contributed by atoms with E-state index in [-0.39, 0.29) is 51.2 Å². The third-order valence-corrected chi connectivity index (χ3v) is 12.0. The van der Waals surface area contributed by atoms with Gasteiger partial charge in [-0.2, -0.15) is 0 Å². The van der Waals surface area contributed by atoms with Crippen LogP contribution >= 0.6 is 30.4 Å². The van der Waals surface area contributed by atoms with E-state index in [0.717, 1.165) is 79.0 Å². The van der Waals surface area contributed by atoms with Crippen molar-refractivity contribution in [1.29, 1.82) is 0 Å². The minimum absolute atomic E-state index is 0. The Labute approximate surface area is 560 Å². The van der Waals surface area contributed by atoms with Gasteiger partial charge in [0.25, 0.3) is 0 Å². The molecule has 0 bridgehead atoms. The molecule has 513 valence electrons. The number of rotatable bonds is 22. The number of carboxylic acid groups (broad SMARTS) is 2. The van der Waals surface area contributed by atoms with Crippen LogP contribution in [0.1, 0.15) is 20.7 Å². The van der Waals surface area contributed by atoms with Gasteiger partial charge in [0.1, 0.15) is 23.0 Å².